The first-order valence-electron chi connectivity index (χ1n) is 10.0. The molecule has 0 fully saturated rings. The zero-order chi connectivity index (χ0) is 22.5. The predicted molar refractivity (Wildman–Crippen MR) is 119 cm³/mol. The lowest BCUT2D eigenvalue weighted by Gasteiger charge is -2.16. The maximum Gasteiger partial charge on any atom is 0.316 e. The van der Waals surface area contributed by atoms with Gasteiger partial charge in [-0.25, -0.2) is 0 Å². The summed E-state index contributed by atoms with van der Waals surface area (Å²) in [5.74, 6) is 1.18. The van der Waals surface area contributed by atoms with Gasteiger partial charge in [0.15, 0.2) is 5.76 Å². The van der Waals surface area contributed by atoms with E-state index >= 15 is 0 Å². The maximum atomic E-state index is 13.0. The van der Waals surface area contributed by atoms with Crippen LogP contribution in [0.15, 0.2) is 42.3 Å². The smallest absolute Gasteiger partial charge is 0.316 e. The van der Waals surface area contributed by atoms with Crippen LogP contribution in [-0.4, -0.2) is 23.4 Å². The Morgan fingerprint density at radius 1 is 1.13 bits per heavy atom. The molecule has 0 unspecified atom stereocenters. The number of fused-ring (bicyclic) bond motifs is 2. The summed E-state index contributed by atoms with van der Waals surface area (Å²) in [7, 11) is 3.57. The molecule has 1 aromatic heterocycles. The number of methoxy groups -OCH3 is 1. The second-order valence-electron chi connectivity index (χ2n) is 8.77. The molecule has 3 aromatic rings. The molecule has 4 rings (SSSR count). The van der Waals surface area contributed by atoms with Crippen molar-refractivity contribution in [1.82, 2.24) is 4.57 Å². The van der Waals surface area contributed by atoms with E-state index in [4.69, 9.17) is 14.2 Å². The molecule has 1 aliphatic rings. The summed E-state index contributed by atoms with van der Waals surface area (Å²) < 4.78 is 18.7. The lowest BCUT2D eigenvalue weighted by atomic mass is 9.97. The van der Waals surface area contributed by atoms with Gasteiger partial charge in [0.25, 0.3) is 0 Å². The van der Waals surface area contributed by atoms with Gasteiger partial charge in [-0.1, -0.05) is 0 Å². The molecule has 0 saturated heterocycles. The number of allylic oxidation sites excluding steroid dienone is 1. The van der Waals surface area contributed by atoms with Crippen LogP contribution in [0.3, 0.4) is 0 Å². The molecule has 1 aliphatic heterocycles. The molecule has 0 atom stereocenters. The summed E-state index contributed by atoms with van der Waals surface area (Å²) in [5, 5.41) is 0.957. The molecule has 0 aliphatic carbocycles. The molecular formula is C25H25NO5. The third-order valence-electron chi connectivity index (χ3n) is 5.28. The molecule has 2 aromatic carbocycles. The quantitative estimate of drug-likeness (QED) is 0.337. The van der Waals surface area contributed by atoms with Crippen molar-refractivity contribution in [1.29, 1.82) is 0 Å². The highest BCUT2D eigenvalue weighted by molar-refractivity contribution is 6.16. The van der Waals surface area contributed by atoms with E-state index < -0.39 is 5.41 Å². The number of hydrogen-bond acceptors (Lipinski definition) is 5. The van der Waals surface area contributed by atoms with E-state index in [1.807, 2.05) is 36.0 Å². The van der Waals surface area contributed by atoms with E-state index in [0.717, 1.165) is 22.2 Å². The molecule has 31 heavy (non-hydrogen) atoms. The van der Waals surface area contributed by atoms with Crippen molar-refractivity contribution in [3.8, 4) is 17.2 Å². The van der Waals surface area contributed by atoms with Crippen LogP contribution in [0.2, 0.25) is 0 Å². The van der Waals surface area contributed by atoms with Crippen LogP contribution in [0, 0.1) is 12.3 Å². The minimum Gasteiger partial charge on any atom is -0.497 e. The van der Waals surface area contributed by atoms with Crippen molar-refractivity contribution in [2.75, 3.05) is 7.11 Å². The molecule has 0 N–H and O–H groups in total. The Labute approximate surface area is 181 Å². The number of carbonyl (C=O) groups excluding carboxylic acids is 2. The summed E-state index contributed by atoms with van der Waals surface area (Å²) in [6.45, 7) is 7.17. The maximum absolute atomic E-state index is 13.0. The molecule has 2 heterocycles. The number of rotatable bonds is 3. The fraction of sp³-hybridized carbons (Fsp3) is 0.280. The number of Topliss-reactive ketones (excluding diaryl/α,β-unsaturated/α-hetero) is 1. The topological polar surface area (TPSA) is 66.8 Å². The normalized spacial score (nSPS) is 14.6. The fourth-order valence-electron chi connectivity index (χ4n) is 3.58. The van der Waals surface area contributed by atoms with Gasteiger partial charge in [0.2, 0.25) is 5.78 Å². The van der Waals surface area contributed by atoms with Gasteiger partial charge < -0.3 is 18.8 Å². The van der Waals surface area contributed by atoms with Gasteiger partial charge in [-0.15, -0.1) is 0 Å². The summed E-state index contributed by atoms with van der Waals surface area (Å²) in [6.07, 6.45) is 3.69. The van der Waals surface area contributed by atoms with Crippen LogP contribution in [0.5, 0.6) is 17.2 Å². The van der Waals surface area contributed by atoms with Crippen molar-refractivity contribution in [3.05, 3.63) is 59.0 Å². The van der Waals surface area contributed by atoms with E-state index in [-0.39, 0.29) is 17.5 Å². The highest BCUT2D eigenvalue weighted by Gasteiger charge is 2.31. The molecule has 6 nitrogen and oxygen atoms in total. The first-order chi connectivity index (χ1) is 14.6. The molecule has 0 radical (unpaired) electrons. The zero-order valence-electron chi connectivity index (χ0n) is 18.5. The summed E-state index contributed by atoms with van der Waals surface area (Å²) in [5.41, 5.74) is 2.42. The van der Waals surface area contributed by atoms with E-state index in [1.54, 1.807) is 53.0 Å². The van der Waals surface area contributed by atoms with Crippen LogP contribution in [-0.2, 0) is 11.8 Å². The summed E-state index contributed by atoms with van der Waals surface area (Å²) in [4.78, 5) is 25.3. The highest BCUT2D eigenvalue weighted by atomic mass is 16.5. The zero-order valence-corrected chi connectivity index (χ0v) is 18.5. The third-order valence-corrected chi connectivity index (χ3v) is 5.28. The first kappa shape index (κ1) is 20.7. The Balaban J connectivity index is 1.71. The standard InChI is InChI=1S/C25H25NO5/c1-14-9-17(30-24(28)25(2,3)4)12-20-22(14)23(27)21(31-20)10-15-13-26(5)19-8-7-16(29-6)11-18(15)19/h7-13H,1-6H3/b21-10-. The highest BCUT2D eigenvalue weighted by Crippen LogP contribution is 2.38. The minimum atomic E-state index is -0.635. The summed E-state index contributed by atoms with van der Waals surface area (Å²) in [6, 6.07) is 9.09. The molecule has 0 spiro atoms. The van der Waals surface area contributed by atoms with Crippen LogP contribution >= 0.6 is 0 Å². The van der Waals surface area contributed by atoms with Gasteiger partial charge in [0.05, 0.1) is 18.1 Å². The van der Waals surface area contributed by atoms with Crippen molar-refractivity contribution < 1.29 is 23.8 Å². The number of ether oxygens (including phenoxy) is 3. The molecule has 160 valence electrons. The predicted octanol–water partition coefficient (Wildman–Crippen LogP) is 5.06. The summed E-state index contributed by atoms with van der Waals surface area (Å²) >= 11 is 0. The van der Waals surface area contributed by atoms with E-state index in [0.29, 0.717) is 22.6 Å². The Kier molecular flexibility index (Phi) is 4.88. The van der Waals surface area contributed by atoms with Crippen LogP contribution < -0.4 is 14.2 Å². The number of aromatic nitrogens is 1. The van der Waals surface area contributed by atoms with Crippen molar-refractivity contribution in [2.24, 2.45) is 12.5 Å². The number of nitrogens with zero attached hydrogens (tertiary/aromatic N) is 1. The number of benzene rings is 2. The molecular weight excluding hydrogens is 394 g/mol. The van der Waals surface area contributed by atoms with Crippen LogP contribution in [0.1, 0.15) is 42.3 Å². The van der Waals surface area contributed by atoms with Gasteiger partial charge in [0.1, 0.15) is 17.2 Å². The van der Waals surface area contributed by atoms with Gasteiger partial charge in [-0.3, -0.25) is 9.59 Å². The molecule has 0 amide bonds. The van der Waals surface area contributed by atoms with Crippen LogP contribution in [0.4, 0.5) is 0 Å². The van der Waals surface area contributed by atoms with E-state index in [9.17, 15) is 9.59 Å². The van der Waals surface area contributed by atoms with Gasteiger partial charge in [-0.2, -0.15) is 0 Å². The average Bonchev–Trinajstić information content (AvgIpc) is 3.18. The lowest BCUT2D eigenvalue weighted by molar-refractivity contribution is -0.143. The second-order valence-corrected chi connectivity index (χ2v) is 8.77. The largest absolute Gasteiger partial charge is 0.497 e. The van der Waals surface area contributed by atoms with Crippen molar-refractivity contribution in [2.45, 2.75) is 27.7 Å². The third kappa shape index (κ3) is 3.69. The monoisotopic (exact) mass is 419 g/mol. The number of carbonyl (C=O) groups is 2. The van der Waals surface area contributed by atoms with Crippen molar-refractivity contribution in [3.63, 3.8) is 0 Å². The number of ketones is 1. The SMILES string of the molecule is COc1ccc2c(c1)c(/C=C1\Oc3cc(OC(=O)C(C)(C)C)cc(C)c3C1=O)cn2C. The Morgan fingerprint density at radius 3 is 2.55 bits per heavy atom. The molecule has 0 bridgehead atoms. The number of esters is 1. The number of aryl methyl sites for hydroxylation is 2. The molecule has 0 saturated carbocycles. The Morgan fingerprint density at radius 2 is 1.87 bits per heavy atom. The average molecular weight is 419 g/mol. The van der Waals surface area contributed by atoms with Gasteiger partial charge >= 0.3 is 5.97 Å². The van der Waals surface area contributed by atoms with E-state index in [1.165, 1.54) is 0 Å². The van der Waals surface area contributed by atoms with E-state index in [2.05, 4.69) is 0 Å². The van der Waals surface area contributed by atoms with Crippen molar-refractivity contribution >= 4 is 28.7 Å². The van der Waals surface area contributed by atoms with Gasteiger partial charge in [-0.05, 0) is 63.6 Å². The Hall–Kier alpha value is -3.54. The Bertz CT molecular complexity index is 1260. The lowest BCUT2D eigenvalue weighted by Crippen LogP contribution is -2.25. The van der Waals surface area contributed by atoms with Crippen LogP contribution in [0.25, 0.3) is 17.0 Å². The first-order valence-corrected chi connectivity index (χ1v) is 10.0. The molecule has 6 heteroatoms. The number of hydrogen-bond donors (Lipinski definition) is 0. The second kappa shape index (κ2) is 7.30. The van der Waals surface area contributed by atoms with Gasteiger partial charge in [0, 0.05) is 35.8 Å². The fourth-order valence-corrected chi connectivity index (χ4v) is 3.58. The minimum absolute atomic E-state index is 0.193.